The molecule has 1 aliphatic rings. The summed E-state index contributed by atoms with van der Waals surface area (Å²) in [5.41, 5.74) is 3.93. The largest absolute Gasteiger partial charge is 0.349 e. The van der Waals surface area contributed by atoms with Crippen LogP contribution in [0.15, 0.2) is 34.9 Å². The van der Waals surface area contributed by atoms with Crippen LogP contribution < -0.4 is 4.90 Å². The summed E-state index contributed by atoms with van der Waals surface area (Å²) in [4.78, 5) is 2.20. The molecule has 1 heterocycles. The van der Waals surface area contributed by atoms with E-state index in [1.54, 1.807) is 0 Å². The Bertz CT molecular complexity index is 371. The van der Waals surface area contributed by atoms with Gasteiger partial charge in [0, 0.05) is 22.9 Å². The van der Waals surface area contributed by atoms with E-state index >= 15 is 0 Å². The van der Waals surface area contributed by atoms with Gasteiger partial charge in [0.05, 0.1) is 0 Å². The highest BCUT2D eigenvalue weighted by Gasteiger charge is 2.14. The van der Waals surface area contributed by atoms with Crippen molar-refractivity contribution in [2.45, 2.75) is 19.3 Å². The van der Waals surface area contributed by atoms with E-state index in [4.69, 9.17) is 0 Å². The summed E-state index contributed by atoms with van der Waals surface area (Å²) in [6.45, 7) is 4.09. The van der Waals surface area contributed by atoms with E-state index in [0.717, 1.165) is 17.3 Å². The average molecular weight is 252 g/mol. The lowest BCUT2D eigenvalue weighted by Gasteiger charge is -2.21. The second kappa shape index (κ2) is 3.77. The lowest BCUT2D eigenvalue weighted by Crippen LogP contribution is -2.14. The van der Waals surface area contributed by atoms with Crippen molar-refractivity contribution in [1.29, 1.82) is 0 Å². The van der Waals surface area contributed by atoms with Gasteiger partial charge in [0.1, 0.15) is 0 Å². The smallest absolute Gasteiger partial charge is 0.0438 e. The second-order valence-corrected chi connectivity index (χ2v) is 4.67. The molecule has 0 bridgehead atoms. The van der Waals surface area contributed by atoms with Gasteiger partial charge in [-0.15, -0.1) is 0 Å². The van der Waals surface area contributed by atoms with Crippen molar-refractivity contribution < 1.29 is 0 Å². The van der Waals surface area contributed by atoms with Gasteiger partial charge >= 0.3 is 0 Å². The second-order valence-electron chi connectivity index (χ2n) is 3.75. The molecule has 0 aromatic heterocycles. The fourth-order valence-electron chi connectivity index (χ4n) is 1.90. The molecule has 2 rings (SSSR count). The van der Waals surface area contributed by atoms with Gasteiger partial charge in [0.15, 0.2) is 0 Å². The van der Waals surface area contributed by atoms with Crippen molar-refractivity contribution in [1.82, 2.24) is 0 Å². The number of fused-ring (bicyclic) bond motifs is 1. The van der Waals surface area contributed by atoms with Crippen LogP contribution in [0, 0.1) is 0 Å². The van der Waals surface area contributed by atoms with Crippen LogP contribution in [0.1, 0.15) is 18.4 Å². The number of benzene rings is 1. The molecule has 0 unspecified atom stereocenters. The molecule has 1 aromatic carbocycles. The molecule has 0 spiro atoms. The molecule has 0 N–H and O–H groups in total. The highest BCUT2D eigenvalue weighted by atomic mass is 79.9. The number of rotatable bonds is 0. The predicted molar refractivity (Wildman–Crippen MR) is 64.6 cm³/mol. The van der Waals surface area contributed by atoms with Crippen LogP contribution in [0.25, 0.3) is 0 Å². The van der Waals surface area contributed by atoms with Crippen molar-refractivity contribution in [3.05, 3.63) is 40.5 Å². The molecule has 0 radical (unpaired) electrons. The van der Waals surface area contributed by atoms with Gasteiger partial charge in [-0.2, -0.15) is 0 Å². The summed E-state index contributed by atoms with van der Waals surface area (Å²) in [5, 5.41) is 0. The molecule has 0 amide bonds. The van der Waals surface area contributed by atoms with E-state index in [0.29, 0.717) is 0 Å². The van der Waals surface area contributed by atoms with Gasteiger partial charge in [-0.3, -0.25) is 0 Å². The first-order valence-corrected chi connectivity index (χ1v) is 5.68. The molecule has 1 aliphatic heterocycles. The summed E-state index contributed by atoms with van der Waals surface area (Å²) in [6, 6.07) is 6.47. The number of nitrogens with zero attached hydrogens (tertiary/aromatic N) is 1. The molecule has 0 fully saturated rings. The summed E-state index contributed by atoms with van der Waals surface area (Å²) >= 11 is 3.51. The molecule has 1 aromatic rings. The zero-order chi connectivity index (χ0) is 10.1. The zero-order valence-corrected chi connectivity index (χ0v) is 9.97. The summed E-state index contributed by atoms with van der Waals surface area (Å²) in [5.74, 6) is 0. The topological polar surface area (TPSA) is 3.24 Å². The van der Waals surface area contributed by atoms with E-state index in [1.807, 2.05) is 0 Å². The average Bonchev–Trinajstić information content (AvgIpc) is 2.28. The van der Waals surface area contributed by atoms with E-state index < -0.39 is 0 Å². The molecule has 0 atom stereocenters. The molecule has 0 aliphatic carbocycles. The SMILES string of the molecule is C=C1CCCc2cc(Br)ccc2N1C. The van der Waals surface area contributed by atoms with E-state index in [2.05, 4.69) is 52.7 Å². The lowest BCUT2D eigenvalue weighted by molar-refractivity contribution is 0.821. The van der Waals surface area contributed by atoms with Crippen molar-refractivity contribution in [2.75, 3.05) is 11.9 Å². The van der Waals surface area contributed by atoms with Crippen LogP contribution in [0.4, 0.5) is 5.69 Å². The van der Waals surface area contributed by atoms with E-state index in [1.165, 1.54) is 23.4 Å². The van der Waals surface area contributed by atoms with Crippen molar-refractivity contribution >= 4 is 21.6 Å². The molecule has 2 heteroatoms. The Labute approximate surface area is 93.6 Å². The summed E-state index contributed by atoms with van der Waals surface area (Å²) in [7, 11) is 2.10. The first-order chi connectivity index (χ1) is 6.68. The van der Waals surface area contributed by atoms with Crippen LogP contribution in [0.5, 0.6) is 0 Å². The first-order valence-electron chi connectivity index (χ1n) is 4.88. The minimum absolute atomic E-state index is 1.10. The minimum atomic E-state index is 1.10. The van der Waals surface area contributed by atoms with Crippen LogP contribution in [-0.4, -0.2) is 7.05 Å². The molecule has 14 heavy (non-hydrogen) atoms. The van der Waals surface area contributed by atoms with Gasteiger partial charge in [-0.1, -0.05) is 22.5 Å². The third kappa shape index (κ3) is 1.71. The van der Waals surface area contributed by atoms with Crippen LogP contribution in [-0.2, 0) is 6.42 Å². The van der Waals surface area contributed by atoms with Crippen molar-refractivity contribution in [2.24, 2.45) is 0 Å². The molecule has 74 valence electrons. The molecule has 1 nitrogen and oxygen atoms in total. The Morgan fingerprint density at radius 1 is 1.36 bits per heavy atom. The van der Waals surface area contributed by atoms with Gasteiger partial charge < -0.3 is 4.90 Å². The van der Waals surface area contributed by atoms with Crippen molar-refractivity contribution in [3.8, 4) is 0 Å². The standard InChI is InChI=1S/C12H14BrN/c1-9-4-3-5-10-8-11(13)6-7-12(10)14(9)2/h6-8H,1,3-5H2,2H3. The van der Waals surface area contributed by atoms with Crippen molar-refractivity contribution in [3.63, 3.8) is 0 Å². The number of allylic oxidation sites excluding steroid dienone is 1. The first kappa shape index (κ1) is 9.78. The van der Waals surface area contributed by atoms with Gasteiger partial charge in [0.25, 0.3) is 0 Å². The Morgan fingerprint density at radius 2 is 2.14 bits per heavy atom. The molecular formula is C12H14BrN. The Kier molecular flexibility index (Phi) is 2.64. The number of hydrogen-bond donors (Lipinski definition) is 0. The molecule has 0 saturated carbocycles. The highest BCUT2D eigenvalue weighted by Crippen LogP contribution is 2.31. The molecule has 0 saturated heterocycles. The minimum Gasteiger partial charge on any atom is -0.349 e. The third-order valence-electron chi connectivity index (χ3n) is 2.79. The lowest BCUT2D eigenvalue weighted by atomic mass is 10.1. The Balaban J connectivity index is 2.48. The van der Waals surface area contributed by atoms with Gasteiger partial charge in [0.2, 0.25) is 0 Å². The van der Waals surface area contributed by atoms with E-state index in [9.17, 15) is 0 Å². The number of hydrogen-bond acceptors (Lipinski definition) is 1. The predicted octanol–water partition coefficient (Wildman–Crippen LogP) is 3.74. The van der Waals surface area contributed by atoms with E-state index in [-0.39, 0.29) is 0 Å². The number of anilines is 1. The number of halogens is 1. The van der Waals surface area contributed by atoms with Crippen LogP contribution in [0.2, 0.25) is 0 Å². The third-order valence-corrected chi connectivity index (χ3v) is 3.28. The molecular weight excluding hydrogens is 238 g/mol. The fraction of sp³-hybridized carbons (Fsp3) is 0.333. The van der Waals surface area contributed by atoms with Crippen LogP contribution >= 0.6 is 15.9 Å². The monoisotopic (exact) mass is 251 g/mol. The van der Waals surface area contributed by atoms with Crippen LogP contribution in [0.3, 0.4) is 0 Å². The normalized spacial score (nSPS) is 16.4. The Morgan fingerprint density at radius 3 is 2.93 bits per heavy atom. The maximum Gasteiger partial charge on any atom is 0.0438 e. The van der Waals surface area contributed by atoms with Gasteiger partial charge in [-0.05, 0) is 43.0 Å². The summed E-state index contributed by atoms with van der Waals surface area (Å²) < 4.78 is 1.16. The fourth-order valence-corrected chi connectivity index (χ4v) is 2.31. The summed E-state index contributed by atoms with van der Waals surface area (Å²) in [6.07, 6.45) is 3.45. The quantitative estimate of drug-likeness (QED) is 0.680. The zero-order valence-electron chi connectivity index (χ0n) is 8.39. The maximum absolute atomic E-state index is 4.09. The Hall–Kier alpha value is -0.760. The maximum atomic E-state index is 4.09. The number of aryl methyl sites for hydroxylation is 1. The van der Waals surface area contributed by atoms with Gasteiger partial charge in [-0.25, -0.2) is 0 Å². The highest BCUT2D eigenvalue weighted by molar-refractivity contribution is 9.10.